The third kappa shape index (κ3) is 7.18. The van der Waals surface area contributed by atoms with Crippen LogP contribution in [0.1, 0.15) is 62.1 Å². The van der Waals surface area contributed by atoms with Crippen molar-refractivity contribution < 1.29 is 0 Å². The summed E-state index contributed by atoms with van der Waals surface area (Å²) >= 11 is 1.81. The molecule has 1 aliphatic carbocycles. The molecule has 2 unspecified atom stereocenters. The Balaban J connectivity index is 1.15. The predicted octanol–water partition coefficient (Wildman–Crippen LogP) is 14.1. The van der Waals surface area contributed by atoms with Gasteiger partial charge in [0, 0.05) is 42.8 Å². The van der Waals surface area contributed by atoms with E-state index in [1.165, 1.54) is 53.6 Å². The second kappa shape index (κ2) is 15.4. The molecule has 1 aliphatic rings. The van der Waals surface area contributed by atoms with Gasteiger partial charge >= 0.3 is 0 Å². The largest absolute Gasteiger partial charge is 0.208 e. The van der Waals surface area contributed by atoms with Crippen LogP contribution in [0.4, 0.5) is 0 Å². The predicted molar refractivity (Wildman–Crippen MR) is 233 cm³/mol. The first-order valence-electron chi connectivity index (χ1n) is 19.5. The molecular formula is C51H43N3S. The maximum atomic E-state index is 5.19. The monoisotopic (exact) mass is 729 g/mol. The third-order valence-electron chi connectivity index (χ3n) is 11.2. The van der Waals surface area contributed by atoms with Crippen molar-refractivity contribution in [1.82, 2.24) is 15.0 Å². The summed E-state index contributed by atoms with van der Waals surface area (Å²) in [6, 6.07) is 56.5. The Morgan fingerprint density at radius 1 is 0.527 bits per heavy atom. The summed E-state index contributed by atoms with van der Waals surface area (Å²) in [5.41, 5.74) is 11.3. The van der Waals surface area contributed by atoms with Crippen LogP contribution >= 0.6 is 11.3 Å². The van der Waals surface area contributed by atoms with Crippen LogP contribution in [0.15, 0.2) is 169 Å². The average molecular weight is 730 g/mol. The van der Waals surface area contributed by atoms with E-state index in [1.807, 2.05) is 29.5 Å². The fraction of sp³-hybridized carbons (Fsp3) is 0.157. The first kappa shape index (κ1) is 34.8. The van der Waals surface area contributed by atoms with Crippen molar-refractivity contribution >= 4 is 42.7 Å². The zero-order valence-electron chi connectivity index (χ0n) is 31.3. The molecule has 0 amide bonds. The molecule has 4 heteroatoms. The molecule has 2 heterocycles. The van der Waals surface area contributed by atoms with Crippen LogP contribution in [-0.4, -0.2) is 15.0 Å². The van der Waals surface area contributed by atoms with E-state index >= 15 is 0 Å². The van der Waals surface area contributed by atoms with E-state index in [9.17, 15) is 0 Å². The second-order valence-corrected chi connectivity index (χ2v) is 15.8. The Morgan fingerprint density at radius 3 is 1.84 bits per heavy atom. The lowest BCUT2D eigenvalue weighted by atomic mass is 9.79. The molecule has 268 valence electrons. The SMILES string of the molecule is CCC1CC(c2ccccc2)/C=C(/c2cccc(-c3nc(-c4ccccc4)nc(-c4ccc5c(c4)sc4ccccc45)n3)c2)CC/C(C)=C/1c1ccccc1. The molecule has 0 fully saturated rings. The number of thiophene rings is 1. The van der Waals surface area contributed by atoms with Crippen LogP contribution in [0.3, 0.4) is 0 Å². The Bertz CT molecular complexity index is 2670. The Labute approximate surface area is 327 Å². The zero-order valence-corrected chi connectivity index (χ0v) is 32.1. The van der Waals surface area contributed by atoms with E-state index in [1.54, 1.807) is 0 Å². The van der Waals surface area contributed by atoms with Crippen LogP contribution in [0.25, 0.3) is 65.5 Å². The minimum Gasteiger partial charge on any atom is -0.208 e. The van der Waals surface area contributed by atoms with Gasteiger partial charge in [-0.1, -0.05) is 158 Å². The summed E-state index contributed by atoms with van der Waals surface area (Å²) in [4.78, 5) is 15.4. The minimum atomic E-state index is 0.284. The Morgan fingerprint density at radius 2 is 1.11 bits per heavy atom. The van der Waals surface area contributed by atoms with Gasteiger partial charge in [0.2, 0.25) is 0 Å². The van der Waals surface area contributed by atoms with Crippen molar-refractivity contribution in [3.8, 4) is 34.2 Å². The lowest BCUT2D eigenvalue weighted by Crippen LogP contribution is -2.09. The number of hydrogen-bond donors (Lipinski definition) is 0. The van der Waals surface area contributed by atoms with Gasteiger partial charge in [0.1, 0.15) is 0 Å². The van der Waals surface area contributed by atoms with Gasteiger partial charge in [-0.3, -0.25) is 0 Å². The molecule has 0 N–H and O–H groups in total. The highest BCUT2D eigenvalue weighted by Crippen LogP contribution is 2.42. The number of aromatic nitrogens is 3. The van der Waals surface area contributed by atoms with Gasteiger partial charge in [0.05, 0.1) is 0 Å². The fourth-order valence-electron chi connectivity index (χ4n) is 8.34. The smallest absolute Gasteiger partial charge is 0.164 e. The summed E-state index contributed by atoms with van der Waals surface area (Å²) in [6.07, 6.45) is 6.69. The van der Waals surface area contributed by atoms with E-state index in [0.717, 1.165) is 42.4 Å². The lowest BCUT2D eigenvalue weighted by molar-refractivity contribution is 0.553. The van der Waals surface area contributed by atoms with Crippen LogP contribution in [-0.2, 0) is 0 Å². The highest BCUT2D eigenvalue weighted by Gasteiger charge is 2.25. The Hall–Kier alpha value is -5.97. The molecule has 55 heavy (non-hydrogen) atoms. The van der Waals surface area contributed by atoms with Crippen molar-refractivity contribution in [3.05, 3.63) is 186 Å². The van der Waals surface area contributed by atoms with Gasteiger partial charge in [0.25, 0.3) is 0 Å². The van der Waals surface area contributed by atoms with Crippen molar-refractivity contribution in [2.45, 2.75) is 45.4 Å². The number of fused-ring (bicyclic) bond motifs is 3. The van der Waals surface area contributed by atoms with Crippen LogP contribution in [0.5, 0.6) is 0 Å². The molecule has 0 spiro atoms. The van der Waals surface area contributed by atoms with Crippen LogP contribution in [0, 0.1) is 5.92 Å². The lowest BCUT2D eigenvalue weighted by Gasteiger charge is -2.25. The van der Waals surface area contributed by atoms with Crippen LogP contribution < -0.4 is 0 Å². The molecule has 2 atom stereocenters. The maximum absolute atomic E-state index is 5.19. The normalized spacial score (nSPS) is 18.7. The van der Waals surface area contributed by atoms with Gasteiger partial charge in [-0.25, -0.2) is 15.0 Å². The third-order valence-corrected chi connectivity index (χ3v) is 12.3. The molecule has 6 aromatic carbocycles. The number of hydrogen-bond acceptors (Lipinski definition) is 4. The maximum Gasteiger partial charge on any atom is 0.164 e. The summed E-state index contributed by atoms with van der Waals surface area (Å²) in [5.74, 6) is 2.78. The summed E-state index contributed by atoms with van der Waals surface area (Å²) in [5, 5.41) is 2.55. The molecule has 8 aromatic rings. The molecule has 0 radical (unpaired) electrons. The average Bonchev–Trinajstić information content (AvgIpc) is 3.65. The molecule has 3 nitrogen and oxygen atoms in total. The summed E-state index contributed by atoms with van der Waals surface area (Å²) < 4.78 is 2.52. The number of benzene rings is 6. The molecule has 0 bridgehead atoms. The molecule has 0 saturated carbocycles. The van der Waals surface area contributed by atoms with Crippen molar-refractivity contribution in [1.29, 1.82) is 0 Å². The number of allylic oxidation sites excluding steroid dienone is 4. The molecular weight excluding hydrogens is 687 g/mol. The highest BCUT2D eigenvalue weighted by atomic mass is 32.1. The fourth-order valence-corrected chi connectivity index (χ4v) is 9.49. The van der Waals surface area contributed by atoms with Gasteiger partial charge in [-0.2, -0.15) is 0 Å². The highest BCUT2D eigenvalue weighted by molar-refractivity contribution is 7.25. The standard InChI is InChI=1S/C51H43N3S/c1-3-35-30-43(36-16-7-4-8-17-36)32-40(27-26-34(2)48(35)37-18-9-5-10-19-37)39-22-15-23-41(31-39)50-52-49(38-20-11-6-12-21-38)53-51(54-50)42-28-29-45-44-24-13-14-25-46(44)55-47(45)33-42/h4-25,28-29,31-33,35,43H,3,26-27,30H2,1-2H3/b40-32+,48-34-. The Kier molecular flexibility index (Phi) is 9.74. The minimum absolute atomic E-state index is 0.284. The number of nitrogens with zero attached hydrogens (tertiary/aromatic N) is 3. The van der Waals surface area contributed by atoms with E-state index in [4.69, 9.17) is 15.0 Å². The molecule has 9 rings (SSSR count). The topological polar surface area (TPSA) is 38.7 Å². The summed E-state index contributed by atoms with van der Waals surface area (Å²) in [7, 11) is 0. The van der Waals surface area contributed by atoms with Crippen LogP contribution in [0.2, 0.25) is 0 Å². The van der Waals surface area contributed by atoms with Crippen molar-refractivity contribution in [3.63, 3.8) is 0 Å². The van der Waals surface area contributed by atoms with E-state index in [2.05, 4.69) is 159 Å². The van der Waals surface area contributed by atoms with E-state index in [0.29, 0.717) is 23.4 Å². The van der Waals surface area contributed by atoms with Gasteiger partial charge in [-0.05, 0) is 84.6 Å². The second-order valence-electron chi connectivity index (χ2n) is 14.7. The summed E-state index contributed by atoms with van der Waals surface area (Å²) in [6.45, 7) is 4.71. The van der Waals surface area contributed by atoms with Gasteiger partial charge in [0.15, 0.2) is 17.5 Å². The van der Waals surface area contributed by atoms with Gasteiger partial charge < -0.3 is 0 Å². The number of rotatable bonds is 7. The first-order chi connectivity index (χ1) is 27.1. The quantitative estimate of drug-likeness (QED) is 0.164. The van der Waals surface area contributed by atoms with E-state index < -0.39 is 0 Å². The van der Waals surface area contributed by atoms with Crippen molar-refractivity contribution in [2.75, 3.05) is 0 Å². The molecule has 2 aromatic heterocycles. The van der Waals surface area contributed by atoms with E-state index in [-0.39, 0.29) is 5.92 Å². The first-order valence-corrected chi connectivity index (χ1v) is 20.3. The molecule has 0 saturated heterocycles. The zero-order chi connectivity index (χ0) is 37.1. The van der Waals surface area contributed by atoms with Crippen molar-refractivity contribution in [2.24, 2.45) is 5.92 Å². The molecule has 0 aliphatic heterocycles. The van der Waals surface area contributed by atoms with Gasteiger partial charge in [-0.15, -0.1) is 11.3 Å².